The van der Waals surface area contributed by atoms with Crippen LogP contribution in [0.15, 0.2) is 78.6 Å². The average molecular weight is 444 g/mol. The Morgan fingerprint density at radius 3 is 2.24 bits per heavy atom. The monoisotopic (exact) mass is 444 g/mol. The molecule has 4 rings (SSSR count). The highest BCUT2D eigenvalue weighted by atomic mass is 16.5. The van der Waals surface area contributed by atoms with Crippen LogP contribution in [-0.4, -0.2) is 32.6 Å². The van der Waals surface area contributed by atoms with Crippen molar-refractivity contribution in [1.82, 2.24) is 5.32 Å². The molecule has 3 aromatic rings. The van der Waals surface area contributed by atoms with Crippen LogP contribution >= 0.6 is 0 Å². The summed E-state index contributed by atoms with van der Waals surface area (Å²) in [6.07, 6.45) is 1.65. The lowest BCUT2D eigenvalue weighted by molar-refractivity contribution is -0.123. The third-order valence-electron chi connectivity index (χ3n) is 5.20. The van der Waals surface area contributed by atoms with Crippen LogP contribution in [0, 0.1) is 0 Å². The van der Waals surface area contributed by atoms with E-state index in [0.717, 1.165) is 16.9 Å². The van der Waals surface area contributed by atoms with Gasteiger partial charge in [-0.25, -0.2) is 0 Å². The summed E-state index contributed by atoms with van der Waals surface area (Å²) in [7, 11) is 3.20. The molecule has 0 bridgehead atoms. The van der Waals surface area contributed by atoms with Crippen molar-refractivity contribution in [2.24, 2.45) is 0 Å². The first kappa shape index (κ1) is 22.0. The van der Waals surface area contributed by atoms with E-state index in [1.807, 2.05) is 42.5 Å². The minimum absolute atomic E-state index is 0.130. The van der Waals surface area contributed by atoms with Crippen molar-refractivity contribution in [1.29, 1.82) is 0 Å². The van der Waals surface area contributed by atoms with Crippen molar-refractivity contribution in [2.75, 3.05) is 25.7 Å². The molecule has 0 unspecified atom stereocenters. The molecule has 0 aromatic heterocycles. The number of anilines is 1. The highest BCUT2D eigenvalue weighted by Gasteiger charge is 2.31. The maximum Gasteiger partial charge on any atom is 0.294 e. The second-order valence-corrected chi connectivity index (χ2v) is 7.37. The van der Waals surface area contributed by atoms with Crippen LogP contribution < -0.4 is 24.4 Å². The van der Waals surface area contributed by atoms with Crippen LogP contribution in [-0.2, 0) is 16.1 Å². The first-order valence-corrected chi connectivity index (χ1v) is 10.4. The largest absolute Gasteiger partial charge is 0.497 e. The van der Waals surface area contributed by atoms with Crippen LogP contribution in [0.3, 0.4) is 0 Å². The molecular formula is C26H24N2O5. The number of hydrogen-bond acceptors (Lipinski definition) is 5. The number of ether oxygens (including phenoxy) is 3. The van der Waals surface area contributed by atoms with Crippen LogP contribution in [0.25, 0.3) is 6.08 Å². The lowest BCUT2D eigenvalue weighted by Crippen LogP contribution is -2.44. The molecule has 7 heteroatoms. The van der Waals surface area contributed by atoms with Crippen LogP contribution in [0.5, 0.6) is 17.2 Å². The number of carbonyl (C=O) groups is 2. The zero-order chi connectivity index (χ0) is 23.2. The number of fused-ring (bicyclic) bond motifs is 1. The third kappa shape index (κ3) is 5.15. The van der Waals surface area contributed by atoms with E-state index in [4.69, 9.17) is 14.2 Å². The number of rotatable bonds is 7. The minimum Gasteiger partial charge on any atom is -0.497 e. The van der Waals surface area contributed by atoms with Gasteiger partial charge in [-0.15, -0.1) is 0 Å². The van der Waals surface area contributed by atoms with Gasteiger partial charge in [-0.2, -0.15) is 0 Å². The van der Waals surface area contributed by atoms with E-state index >= 15 is 0 Å². The van der Waals surface area contributed by atoms with Gasteiger partial charge in [0.15, 0.2) is 11.5 Å². The molecule has 1 heterocycles. The quantitative estimate of drug-likeness (QED) is 0.561. The van der Waals surface area contributed by atoms with Gasteiger partial charge >= 0.3 is 0 Å². The predicted octanol–water partition coefficient (Wildman–Crippen LogP) is 3.79. The minimum atomic E-state index is -0.385. The molecule has 1 aliphatic rings. The Kier molecular flexibility index (Phi) is 6.59. The fraction of sp³-hybridized carbons (Fsp3) is 0.154. The van der Waals surface area contributed by atoms with E-state index in [-0.39, 0.29) is 24.1 Å². The lowest BCUT2D eigenvalue weighted by atomic mass is 10.1. The van der Waals surface area contributed by atoms with Crippen molar-refractivity contribution in [2.45, 2.75) is 6.54 Å². The standard InChI is InChI=1S/C26H24N2O5/c1-31-20-11-7-18(8-12-20)15-24-26(30)28(22-5-3-4-6-23(22)33-24)17-25(29)27-16-19-9-13-21(32-2)14-10-19/h3-15H,16-17H2,1-2H3,(H,27,29). The van der Waals surface area contributed by atoms with Gasteiger partial charge in [-0.3, -0.25) is 14.5 Å². The van der Waals surface area contributed by atoms with Gasteiger partial charge in [-0.1, -0.05) is 36.4 Å². The summed E-state index contributed by atoms with van der Waals surface area (Å²) >= 11 is 0. The summed E-state index contributed by atoms with van der Waals surface area (Å²) in [6, 6.07) is 21.8. The van der Waals surface area contributed by atoms with Crippen LogP contribution in [0.1, 0.15) is 11.1 Å². The summed E-state index contributed by atoms with van der Waals surface area (Å²) in [5, 5.41) is 2.86. The molecule has 2 amide bonds. The molecule has 1 aliphatic heterocycles. The Labute approximate surface area is 192 Å². The van der Waals surface area contributed by atoms with E-state index < -0.39 is 0 Å². The van der Waals surface area contributed by atoms with Crippen LogP contribution in [0.4, 0.5) is 5.69 Å². The van der Waals surface area contributed by atoms with Gasteiger partial charge < -0.3 is 19.5 Å². The topological polar surface area (TPSA) is 77.1 Å². The van der Waals surface area contributed by atoms with E-state index in [9.17, 15) is 9.59 Å². The van der Waals surface area contributed by atoms with Crippen molar-refractivity contribution in [3.63, 3.8) is 0 Å². The highest BCUT2D eigenvalue weighted by Crippen LogP contribution is 2.35. The van der Waals surface area contributed by atoms with E-state index in [0.29, 0.717) is 23.7 Å². The second kappa shape index (κ2) is 9.91. The normalized spacial score (nSPS) is 13.8. The predicted molar refractivity (Wildman–Crippen MR) is 125 cm³/mol. The molecule has 0 aliphatic carbocycles. The second-order valence-electron chi connectivity index (χ2n) is 7.37. The Hall–Kier alpha value is -4.26. The van der Waals surface area contributed by atoms with Gasteiger partial charge in [0.05, 0.1) is 19.9 Å². The fourth-order valence-electron chi connectivity index (χ4n) is 3.41. The number of benzene rings is 3. The van der Waals surface area contributed by atoms with Gasteiger partial charge in [0, 0.05) is 6.54 Å². The van der Waals surface area contributed by atoms with E-state index in [1.165, 1.54) is 4.90 Å². The maximum absolute atomic E-state index is 13.2. The molecule has 0 saturated heterocycles. The SMILES string of the molecule is COc1ccc(C=C2Oc3ccccc3N(CC(=O)NCc3ccc(OC)cc3)C2=O)cc1. The molecule has 0 radical (unpaired) electrons. The summed E-state index contributed by atoms with van der Waals surface area (Å²) in [4.78, 5) is 27.3. The lowest BCUT2D eigenvalue weighted by Gasteiger charge is -2.30. The number of hydrogen-bond donors (Lipinski definition) is 1. The summed E-state index contributed by atoms with van der Waals surface area (Å²) in [5.74, 6) is 1.45. The fourth-order valence-corrected chi connectivity index (χ4v) is 3.41. The number of methoxy groups -OCH3 is 2. The molecular weight excluding hydrogens is 420 g/mol. The average Bonchev–Trinajstić information content (AvgIpc) is 2.86. The maximum atomic E-state index is 13.2. The first-order chi connectivity index (χ1) is 16.1. The smallest absolute Gasteiger partial charge is 0.294 e. The number of para-hydroxylation sites is 2. The molecule has 168 valence electrons. The molecule has 7 nitrogen and oxygen atoms in total. The van der Waals surface area contributed by atoms with Gasteiger partial charge in [0.25, 0.3) is 5.91 Å². The molecule has 33 heavy (non-hydrogen) atoms. The number of nitrogens with one attached hydrogen (secondary N) is 1. The van der Waals surface area contributed by atoms with Gasteiger partial charge in [0.1, 0.15) is 18.0 Å². The summed E-state index contributed by atoms with van der Waals surface area (Å²) in [5.41, 5.74) is 2.26. The molecule has 0 spiro atoms. The Balaban J connectivity index is 1.50. The van der Waals surface area contributed by atoms with Crippen molar-refractivity contribution in [3.05, 3.63) is 89.7 Å². The first-order valence-electron chi connectivity index (χ1n) is 10.4. The van der Waals surface area contributed by atoms with Crippen molar-refractivity contribution in [3.8, 4) is 17.2 Å². The van der Waals surface area contributed by atoms with Crippen molar-refractivity contribution >= 4 is 23.6 Å². The van der Waals surface area contributed by atoms with Crippen molar-refractivity contribution < 1.29 is 23.8 Å². The van der Waals surface area contributed by atoms with Gasteiger partial charge in [0.2, 0.25) is 5.91 Å². The number of amides is 2. The summed E-state index contributed by atoms with van der Waals surface area (Å²) < 4.78 is 16.2. The van der Waals surface area contributed by atoms with E-state index in [2.05, 4.69) is 5.32 Å². The Morgan fingerprint density at radius 2 is 1.58 bits per heavy atom. The molecule has 0 saturated carbocycles. The van der Waals surface area contributed by atoms with Crippen LogP contribution in [0.2, 0.25) is 0 Å². The van der Waals surface area contributed by atoms with Gasteiger partial charge in [-0.05, 0) is 53.6 Å². The zero-order valence-corrected chi connectivity index (χ0v) is 18.4. The summed E-state index contributed by atoms with van der Waals surface area (Å²) in [6.45, 7) is 0.215. The Bertz CT molecular complexity index is 1170. The zero-order valence-electron chi connectivity index (χ0n) is 18.4. The molecule has 1 N–H and O–H groups in total. The number of carbonyl (C=O) groups excluding carboxylic acids is 2. The molecule has 0 atom stereocenters. The molecule has 0 fully saturated rings. The Morgan fingerprint density at radius 1 is 0.939 bits per heavy atom. The third-order valence-corrected chi connectivity index (χ3v) is 5.20. The number of nitrogens with zero attached hydrogens (tertiary/aromatic N) is 1. The highest BCUT2D eigenvalue weighted by molar-refractivity contribution is 6.12. The van der Waals surface area contributed by atoms with E-state index in [1.54, 1.807) is 50.6 Å². The molecule has 3 aromatic carbocycles.